The maximum atomic E-state index is 12.2. The lowest BCUT2D eigenvalue weighted by molar-refractivity contribution is 0.477. The zero-order valence-electron chi connectivity index (χ0n) is 11.5. The molecule has 21 heavy (non-hydrogen) atoms. The smallest absolute Gasteiger partial charge is 0.212 e. The van der Waals surface area contributed by atoms with E-state index in [4.69, 9.17) is 10.7 Å². The molecule has 0 amide bonds. The van der Waals surface area contributed by atoms with Crippen molar-refractivity contribution in [1.82, 2.24) is 4.72 Å². The molecule has 0 atom stereocenters. The van der Waals surface area contributed by atoms with E-state index in [0.29, 0.717) is 18.4 Å². The Morgan fingerprint density at radius 3 is 2.10 bits per heavy atom. The maximum absolute atomic E-state index is 12.2. The number of hydrogen-bond donors (Lipinski definition) is 1. The van der Waals surface area contributed by atoms with Crippen molar-refractivity contribution in [3.8, 4) is 0 Å². The second-order valence-electron chi connectivity index (χ2n) is 5.21. The lowest BCUT2D eigenvalue weighted by Gasteiger charge is -2.22. The lowest BCUT2D eigenvalue weighted by atomic mass is 10.0. The van der Waals surface area contributed by atoms with E-state index in [1.54, 1.807) is 12.1 Å². The third kappa shape index (κ3) is 4.67. The van der Waals surface area contributed by atoms with Crippen molar-refractivity contribution in [3.05, 3.63) is 29.8 Å². The van der Waals surface area contributed by atoms with E-state index in [1.807, 2.05) is 0 Å². The van der Waals surface area contributed by atoms with E-state index >= 15 is 0 Å². The van der Waals surface area contributed by atoms with Gasteiger partial charge in [-0.05, 0) is 30.5 Å². The van der Waals surface area contributed by atoms with Crippen molar-refractivity contribution in [3.63, 3.8) is 0 Å². The van der Waals surface area contributed by atoms with Crippen molar-refractivity contribution in [2.45, 2.75) is 48.8 Å². The topological polar surface area (TPSA) is 80.3 Å². The van der Waals surface area contributed by atoms with Crippen molar-refractivity contribution in [1.29, 1.82) is 0 Å². The Kier molecular flexibility index (Phi) is 5.29. The molecular weight excluding hydrogens is 334 g/mol. The maximum Gasteiger partial charge on any atom is 0.261 e. The summed E-state index contributed by atoms with van der Waals surface area (Å²) < 4.78 is 49.2. The zero-order chi connectivity index (χ0) is 15.5. The summed E-state index contributed by atoms with van der Waals surface area (Å²) in [5, 5.41) is -0.311. The van der Waals surface area contributed by atoms with Crippen LogP contribution >= 0.6 is 10.7 Å². The molecule has 1 fully saturated rings. The number of hydrogen-bond acceptors (Lipinski definition) is 4. The second-order valence-corrected chi connectivity index (χ2v) is 9.82. The summed E-state index contributed by atoms with van der Waals surface area (Å²) >= 11 is 0. The quantitative estimate of drug-likeness (QED) is 0.826. The van der Waals surface area contributed by atoms with Gasteiger partial charge in [-0.2, -0.15) is 0 Å². The first-order chi connectivity index (χ1) is 9.79. The lowest BCUT2D eigenvalue weighted by Crippen LogP contribution is -2.35. The van der Waals surface area contributed by atoms with Gasteiger partial charge in [0.25, 0.3) is 9.05 Å². The first kappa shape index (κ1) is 16.7. The van der Waals surface area contributed by atoms with E-state index in [0.717, 1.165) is 19.3 Å². The molecule has 0 bridgehead atoms. The summed E-state index contributed by atoms with van der Waals surface area (Å²) in [7, 11) is -1.84. The monoisotopic (exact) mass is 351 g/mol. The van der Waals surface area contributed by atoms with Crippen molar-refractivity contribution in [2.75, 3.05) is 0 Å². The largest absolute Gasteiger partial charge is 0.261 e. The molecule has 0 spiro atoms. The highest BCUT2D eigenvalue weighted by Crippen LogP contribution is 2.23. The third-order valence-corrected chi connectivity index (χ3v) is 6.94. The molecule has 2 rings (SSSR count). The SMILES string of the molecule is O=S(=O)(Cl)c1ccc(CNS(=O)(=O)C2CCCCC2)cc1. The van der Waals surface area contributed by atoms with Crippen LogP contribution in [-0.2, 0) is 25.6 Å². The molecule has 1 aromatic carbocycles. The summed E-state index contributed by atoms with van der Waals surface area (Å²) in [6.45, 7) is 0.154. The predicted octanol–water partition coefficient (Wildman–Crippen LogP) is 2.37. The van der Waals surface area contributed by atoms with E-state index in [1.165, 1.54) is 12.1 Å². The van der Waals surface area contributed by atoms with Gasteiger partial charge in [0.1, 0.15) is 0 Å². The van der Waals surface area contributed by atoms with Gasteiger partial charge in [-0.1, -0.05) is 31.4 Å². The molecule has 1 aliphatic carbocycles. The average Bonchev–Trinajstić information content (AvgIpc) is 2.46. The van der Waals surface area contributed by atoms with E-state index < -0.39 is 19.1 Å². The summed E-state index contributed by atoms with van der Waals surface area (Å²) in [6.07, 6.45) is 4.42. The van der Waals surface area contributed by atoms with Crippen LogP contribution in [0.4, 0.5) is 0 Å². The van der Waals surface area contributed by atoms with Crippen LogP contribution < -0.4 is 4.72 Å². The summed E-state index contributed by atoms with van der Waals surface area (Å²) in [5.41, 5.74) is 0.693. The molecule has 0 radical (unpaired) electrons. The van der Waals surface area contributed by atoms with Crippen LogP contribution in [0.2, 0.25) is 0 Å². The minimum absolute atomic E-state index is 0.00283. The van der Waals surface area contributed by atoms with Gasteiger partial charge in [0, 0.05) is 17.2 Å². The first-order valence-electron chi connectivity index (χ1n) is 6.81. The minimum Gasteiger partial charge on any atom is -0.212 e. The summed E-state index contributed by atoms with van der Waals surface area (Å²) in [6, 6.07) is 5.84. The Morgan fingerprint density at radius 1 is 1.00 bits per heavy atom. The fourth-order valence-electron chi connectivity index (χ4n) is 2.45. The van der Waals surface area contributed by atoms with Crippen molar-refractivity contribution < 1.29 is 16.8 Å². The molecule has 8 heteroatoms. The Morgan fingerprint density at radius 2 is 1.57 bits per heavy atom. The first-order valence-corrected chi connectivity index (χ1v) is 10.7. The van der Waals surface area contributed by atoms with Crippen LogP contribution in [0.15, 0.2) is 29.2 Å². The highest BCUT2D eigenvalue weighted by Gasteiger charge is 2.26. The Labute approximate surface area is 130 Å². The van der Waals surface area contributed by atoms with Crippen molar-refractivity contribution in [2.24, 2.45) is 0 Å². The molecule has 0 aromatic heterocycles. The van der Waals surface area contributed by atoms with Gasteiger partial charge in [-0.25, -0.2) is 21.6 Å². The Bertz CT molecular complexity index is 677. The van der Waals surface area contributed by atoms with Crippen LogP contribution in [0.5, 0.6) is 0 Å². The summed E-state index contributed by atoms with van der Waals surface area (Å²) in [4.78, 5) is 0.00283. The summed E-state index contributed by atoms with van der Waals surface area (Å²) in [5.74, 6) is 0. The Balaban J connectivity index is 1.99. The fourth-order valence-corrected chi connectivity index (χ4v) is 4.77. The second kappa shape index (κ2) is 6.64. The van der Waals surface area contributed by atoms with Gasteiger partial charge >= 0.3 is 0 Å². The van der Waals surface area contributed by atoms with Crippen molar-refractivity contribution >= 4 is 29.8 Å². The van der Waals surface area contributed by atoms with Gasteiger partial charge in [-0.3, -0.25) is 0 Å². The molecule has 1 aliphatic rings. The number of halogens is 1. The van der Waals surface area contributed by atoms with Gasteiger partial charge in [0.15, 0.2) is 0 Å². The van der Waals surface area contributed by atoms with Gasteiger partial charge in [0.2, 0.25) is 10.0 Å². The zero-order valence-corrected chi connectivity index (χ0v) is 13.8. The third-order valence-electron chi connectivity index (χ3n) is 3.67. The molecule has 1 N–H and O–H groups in total. The van der Waals surface area contributed by atoms with E-state index in [-0.39, 0.29) is 16.7 Å². The molecule has 5 nitrogen and oxygen atoms in total. The van der Waals surface area contributed by atoms with Gasteiger partial charge < -0.3 is 0 Å². The molecule has 1 aromatic rings. The van der Waals surface area contributed by atoms with Crippen LogP contribution in [0.25, 0.3) is 0 Å². The molecule has 0 unspecified atom stereocenters. The molecule has 0 heterocycles. The highest BCUT2D eigenvalue weighted by atomic mass is 35.7. The average molecular weight is 352 g/mol. The molecule has 0 saturated heterocycles. The normalized spacial score (nSPS) is 17.8. The standard InChI is InChI=1S/C13H18ClNO4S2/c14-20(16,17)12-8-6-11(7-9-12)10-15-21(18,19)13-4-2-1-3-5-13/h6-9,13,15H,1-5,10H2. The molecular formula is C13H18ClNO4S2. The fraction of sp³-hybridized carbons (Fsp3) is 0.538. The number of benzene rings is 1. The van der Waals surface area contributed by atoms with Gasteiger partial charge in [-0.15, -0.1) is 0 Å². The number of sulfonamides is 1. The molecule has 0 aliphatic heterocycles. The van der Waals surface area contributed by atoms with Crippen LogP contribution in [0, 0.1) is 0 Å². The highest BCUT2D eigenvalue weighted by molar-refractivity contribution is 8.13. The minimum atomic E-state index is -3.75. The van der Waals surface area contributed by atoms with Crippen LogP contribution in [0.3, 0.4) is 0 Å². The Hall–Kier alpha value is -0.630. The van der Waals surface area contributed by atoms with Crippen LogP contribution in [0.1, 0.15) is 37.7 Å². The number of rotatable bonds is 5. The predicted molar refractivity (Wildman–Crippen MR) is 82.1 cm³/mol. The van der Waals surface area contributed by atoms with E-state index in [9.17, 15) is 16.8 Å². The van der Waals surface area contributed by atoms with E-state index in [2.05, 4.69) is 4.72 Å². The number of nitrogens with one attached hydrogen (secondary N) is 1. The van der Waals surface area contributed by atoms with Crippen LogP contribution in [-0.4, -0.2) is 22.1 Å². The molecule has 118 valence electrons. The molecule has 1 saturated carbocycles. The van der Waals surface area contributed by atoms with Gasteiger partial charge in [0.05, 0.1) is 10.1 Å².